The van der Waals surface area contributed by atoms with Crippen LogP contribution in [0.15, 0.2) is 67.4 Å². The standard InChI is InChI=1S/C32H36N6O/c1-36-16-14-26(15-17-36)37-19-27(30-31(37)32(34-21-33-30)39-20-23-8-4-2-5-9-23)24-12-13-29-28(18-24)35-22-38(29)25-10-6-3-7-11-25/h2,4-5,8-9,12-13,18-19,21-22,25-26H,3,6-7,10-11,14-17,20H2,1H3. The number of nitrogens with zero attached hydrogens (tertiary/aromatic N) is 6. The number of imidazole rings is 1. The van der Waals surface area contributed by atoms with Gasteiger partial charge in [-0.1, -0.05) is 55.7 Å². The van der Waals surface area contributed by atoms with Crippen LogP contribution in [-0.4, -0.2) is 49.1 Å². The Kier molecular flexibility index (Phi) is 6.52. The molecule has 39 heavy (non-hydrogen) atoms. The maximum absolute atomic E-state index is 6.35. The molecule has 4 heterocycles. The van der Waals surface area contributed by atoms with Crippen LogP contribution in [-0.2, 0) is 6.61 Å². The van der Waals surface area contributed by atoms with E-state index in [9.17, 15) is 0 Å². The second-order valence-electron chi connectivity index (χ2n) is 11.3. The zero-order chi connectivity index (χ0) is 26.2. The minimum atomic E-state index is 0.386. The average molecular weight is 521 g/mol. The molecule has 7 nitrogen and oxygen atoms in total. The van der Waals surface area contributed by atoms with Gasteiger partial charge in [-0.15, -0.1) is 0 Å². The molecule has 0 spiro atoms. The minimum Gasteiger partial charge on any atom is -0.471 e. The Balaban J connectivity index is 1.29. The summed E-state index contributed by atoms with van der Waals surface area (Å²) in [5.74, 6) is 0.650. The molecule has 1 aliphatic carbocycles. The Morgan fingerprint density at radius 2 is 1.64 bits per heavy atom. The summed E-state index contributed by atoms with van der Waals surface area (Å²) in [6, 6.07) is 18.0. The number of ether oxygens (including phenoxy) is 1. The van der Waals surface area contributed by atoms with E-state index in [0.717, 1.165) is 59.2 Å². The molecule has 0 unspecified atom stereocenters. The van der Waals surface area contributed by atoms with Crippen LogP contribution in [0.5, 0.6) is 5.88 Å². The van der Waals surface area contributed by atoms with Crippen LogP contribution in [0.25, 0.3) is 33.2 Å². The molecule has 3 aromatic heterocycles. The van der Waals surface area contributed by atoms with Crippen LogP contribution in [0.2, 0.25) is 0 Å². The number of rotatable bonds is 6. The number of benzene rings is 2. The van der Waals surface area contributed by atoms with Crippen molar-refractivity contribution in [2.45, 2.75) is 63.6 Å². The summed E-state index contributed by atoms with van der Waals surface area (Å²) >= 11 is 0. The topological polar surface area (TPSA) is 61.0 Å². The van der Waals surface area contributed by atoms with Crippen LogP contribution in [0.3, 0.4) is 0 Å². The molecule has 0 atom stereocenters. The van der Waals surface area contributed by atoms with E-state index in [4.69, 9.17) is 14.7 Å². The highest BCUT2D eigenvalue weighted by atomic mass is 16.5. The Morgan fingerprint density at radius 3 is 2.46 bits per heavy atom. The highest BCUT2D eigenvalue weighted by molar-refractivity contribution is 5.97. The summed E-state index contributed by atoms with van der Waals surface area (Å²) in [5.41, 5.74) is 7.59. The smallest absolute Gasteiger partial charge is 0.242 e. The normalized spacial score (nSPS) is 17.8. The summed E-state index contributed by atoms with van der Waals surface area (Å²) in [6.07, 6.45) is 14.6. The monoisotopic (exact) mass is 520 g/mol. The molecule has 2 fully saturated rings. The van der Waals surface area contributed by atoms with E-state index in [0.29, 0.717) is 24.6 Å². The van der Waals surface area contributed by atoms with Gasteiger partial charge >= 0.3 is 0 Å². The van der Waals surface area contributed by atoms with Crippen molar-refractivity contribution in [1.29, 1.82) is 0 Å². The molecule has 2 aliphatic rings. The van der Waals surface area contributed by atoms with Crippen LogP contribution in [0, 0.1) is 0 Å². The third kappa shape index (κ3) is 4.69. The van der Waals surface area contributed by atoms with Gasteiger partial charge in [-0.05, 0) is 69.1 Å². The Bertz CT molecular complexity index is 1570. The second-order valence-corrected chi connectivity index (χ2v) is 11.3. The molecular weight excluding hydrogens is 484 g/mol. The predicted octanol–water partition coefficient (Wildman–Crippen LogP) is 6.80. The molecular formula is C32H36N6O. The lowest BCUT2D eigenvalue weighted by Gasteiger charge is -2.30. The van der Waals surface area contributed by atoms with E-state index in [1.54, 1.807) is 6.33 Å². The van der Waals surface area contributed by atoms with Gasteiger partial charge in [0.25, 0.3) is 0 Å². The van der Waals surface area contributed by atoms with Gasteiger partial charge in [0.15, 0.2) is 0 Å². The number of aromatic nitrogens is 5. The van der Waals surface area contributed by atoms with E-state index < -0.39 is 0 Å². The first-order chi connectivity index (χ1) is 19.2. The average Bonchev–Trinajstić information content (AvgIpc) is 3.60. The van der Waals surface area contributed by atoms with Gasteiger partial charge in [0.1, 0.15) is 24.0 Å². The lowest BCUT2D eigenvalue weighted by Crippen LogP contribution is -2.31. The van der Waals surface area contributed by atoms with Gasteiger partial charge < -0.3 is 18.8 Å². The van der Waals surface area contributed by atoms with Gasteiger partial charge in [-0.3, -0.25) is 0 Å². The number of fused-ring (bicyclic) bond motifs is 2. The molecule has 0 N–H and O–H groups in total. The third-order valence-electron chi connectivity index (χ3n) is 8.72. The molecule has 2 aromatic carbocycles. The quantitative estimate of drug-likeness (QED) is 0.246. The van der Waals surface area contributed by atoms with E-state index in [-0.39, 0.29) is 0 Å². The largest absolute Gasteiger partial charge is 0.471 e. The van der Waals surface area contributed by atoms with Crippen LogP contribution < -0.4 is 4.74 Å². The van der Waals surface area contributed by atoms with Crippen molar-refractivity contribution in [3.63, 3.8) is 0 Å². The molecule has 1 saturated carbocycles. The molecule has 0 radical (unpaired) electrons. The first-order valence-electron chi connectivity index (χ1n) is 14.4. The summed E-state index contributed by atoms with van der Waals surface area (Å²) in [6.45, 7) is 2.64. The van der Waals surface area contributed by atoms with Gasteiger partial charge in [-0.25, -0.2) is 9.97 Å². The fraction of sp³-hybridized carbons (Fsp3) is 0.406. The highest BCUT2D eigenvalue weighted by Gasteiger charge is 2.25. The molecule has 5 aromatic rings. The van der Waals surface area contributed by atoms with Crippen molar-refractivity contribution in [3.8, 4) is 17.0 Å². The molecule has 0 bridgehead atoms. The van der Waals surface area contributed by atoms with E-state index in [2.05, 4.69) is 62.6 Å². The van der Waals surface area contributed by atoms with Crippen molar-refractivity contribution >= 4 is 22.1 Å². The van der Waals surface area contributed by atoms with Gasteiger partial charge in [0, 0.05) is 23.8 Å². The van der Waals surface area contributed by atoms with Gasteiger partial charge in [0.05, 0.1) is 17.4 Å². The number of hydrogen-bond acceptors (Lipinski definition) is 5. The van der Waals surface area contributed by atoms with Crippen molar-refractivity contribution < 1.29 is 4.74 Å². The summed E-state index contributed by atoms with van der Waals surface area (Å²) in [5, 5.41) is 0. The lowest BCUT2D eigenvalue weighted by molar-refractivity contribution is 0.223. The fourth-order valence-corrected chi connectivity index (χ4v) is 6.51. The Labute approximate surface area is 229 Å². The van der Waals surface area contributed by atoms with E-state index in [1.165, 1.54) is 37.6 Å². The molecule has 1 saturated heterocycles. The number of hydrogen-bond donors (Lipinski definition) is 0. The SMILES string of the molecule is CN1CCC(n2cc(-c3ccc4c(c3)ncn4C3CCCCC3)c3ncnc(OCc4ccccc4)c32)CC1. The van der Waals surface area contributed by atoms with Crippen LogP contribution in [0.4, 0.5) is 0 Å². The molecule has 1 aliphatic heterocycles. The molecule has 7 heteroatoms. The van der Waals surface area contributed by atoms with Crippen molar-refractivity contribution in [3.05, 3.63) is 72.9 Å². The first-order valence-corrected chi connectivity index (χ1v) is 14.4. The fourth-order valence-electron chi connectivity index (χ4n) is 6.51. The predicted molar refractivity (Wildman–Crippen MR) is 155 cm³/mol. The first kappa shape index (κ1) is 24.3. The van der Waals surface area contributed by atoms with E-state index in [1.807, 2.05) is 24.5 Å². The third-order valence-corrected chi connectivity index (χ3v) is 8.72. The van der Waals surface area contributed by atoms with Crippen molar-refractivity contribution in [2.24, 2.45) is 0 Å². The van der Waals surface area contributed by atoms with Crippen molar-refractivity contribution in [2.75, 3.05) is 20.1 Å². The second kappa shape index (κ2) is 10.5. The maximum Gasteiger partial charge on any atom is 0.242 e. The number of piperidine rings is 1. The van der Waals surface area contributed by atoms with E-state index >= 15 is 0 Å². The van der Waals surface area contributed by atoms with Gasteiger partial charge in [-0.2, -0.15) is 4.98 Å². The number of likely N-dealkylation sites (tertiary alicyclic amines) is 1. The van der Waals surface area contributed by atoms with Crippen LogP contribution in [0.1, 0.15) is 62.6 Å². The Morgan fingerprint density at radius 1 is 0.846 bits per heavy atom. The zero-order valence-electron chi connectivity index (χ0n) is 22.7. The highest BCUT2D eigenvalue weighted by Crippen LogP contribution is 2.39. The molecule has 7 rings (SSSR count). The Hall–Kier alpha value is -3.71. The van der Waals surface area contributed by atoms with Crippen molar-refractivity contribution in [1.82, 2.24) is 29.0 Å². The minimum absolute atomic E-state index is 0.386. The van der Waals surface area contributed by atoms with Gasteiger partial charge in [0.2, 0.25) is 5.88 Å². The summed E-state index contributed by atoms with van der Waals surface area (Å²) in [7, 11) is 2.20. The van der Waals surface area contributed by atoms with Crippen LogP contribution >= 0.6 is 0 Å². The molecule has 200 valence electrons. The molecule has 0 amide bonds. The lowest BCUT2D eigenvalue weighted by atomic mass is 9.95. The zero-order valence-corrected chi connectivity index (χ0v) is 22.7. The maximum atomic E-state index is 6.35. The summed E-state index contributed by atoms with van der Waals surface area (Å²) in [4.78, 5) is 16.7. The summed E-state index contributed by atoms with van der Waals surface area (Å²) < 4.78 is 11.1.